The molecule has 0 spiro atoms. The van der Waals surface area contributed by atoms with Crippen molar-refractivity contribution in [1.82, 2.24) is 20.0 Å². The van der Waals surface area contributed by atoms with Gasteiger partial charge in [-0.05, 0) is 62.7 Å². The summed E-state index contributed by atoms with van der Waals surface area (Å²) < 4.78 is 0. The molecule has 0 radical (unpaired) electrons. The molecular formula is C25H40IN5O. The van der Waals surface area contributed by atoms with Crippen LogP contribution >= 0.6 is 24.0 Å². The summed E-state index contributed by atoms with van der Waals surface area (Å²) in [5, 5.41) is 3.47. The zero-order valence-electron chi connectivity index (χ0n) is 19.6. The highest BCUT2D eigenvalue weighted by Gasteiger charge is 2.27. The molecule has 6 nitrogen and oxygen atoms in total. The van der Waals surface area contributed by atoms with Crippen molar-refractivity contribution in [2.45, 2.75) is 58.5 Å². The lowest BCUT2D eigenvalue weighted by atomic mass is 10.1. The lowest BCUT2D eigenvalue weighted by Gasteiger charge is -2.29. The quantitative estimate of drug-likeness (QED) is 0.242. The van der Waals surface area contributed by atoms with E-state index in [2.05, 4.69) is 46.3 Å². The number of aliphatic imine (C=N–C) groups is 1. The average molecular weight is 554 g/mol. The van der Waals surface area contributed by atoms with Gasteiger partial charge in [0.15, 0.2) is 5.96 Å². The first kappa shape index (κ1) is 25.3. The molecule has 3 aliphatic heterocycles. The molecule has 7 heteroatoms. The van der Waals surface area contributed by atoms with Gasteiger partial charge in [-0.25, -0.2) is 0 Å². The number of piperidine rings is 1. The average Bonchev–Trinajstić information content (AvgIpc) is 3.43. The maximum absolute atomic E-state index is 12.6. The summed E-state index contributed by atoms with van der Waals surface area (Å²) in [4.78, 5) is 24.5. The highest BCUT2D eigenvalue weighted by atomic mass is 127. The summed E-state index contributed by atoms with van der Waals surface area (Å²) in [6.45, 7) is 11.2. The molecule has 2 saturated heterocycles. The van der Waals surface area contributed by atoms with Crippen LogP contribution in [0.2, 0.25) is 0 Å². The Labute approximate surface area is 210 Å². The largest absolute Gasteiger partial charge is 0.357 e. The summed E-state index contributed by atoms with van der Waals surface area (Å²) in [5.74, 6) is 2.03. The Bertz CT molecular complexity index is 739. The number of nitrogens with zero attached hydrogens (tertiary/aromatic N) is 4. The van der Waals surface area contributed by atoms with E-state index in [9.17, 15) is 4.79 Å². The Balaban J connectivity index is 0.00000289. The molecule has 3 aliphatic rings. The van der Waals surface area contributed by atoms with E-state index in [1.165, 1.54) is 56.4 Å². The molecule has 178 valence electrons. The van der Waals surface area contributed by atoms with Gasteiger partial charge in [0, 0.05) is 52.2 Å². The SMILES string of the molecule is CCNC(=NCCCC(=O)N1Cc2ccccc2C1)N1CCC(CN2CCCCC2)C1.I. The molecule has 1 amide bonds. The minimum atomic E-state index is 0. The van der Waals surface area contributed by atoms with Gasteiger partial charge in [-0.2, -0.15) is 0 Å². The lowest BCUT2D eigenvalue weighted by molar-refractivity contribution is -0.131. The summed E-state index contributed by atoms with van der Waals surface area (Å²) >= 11 is 0. The fourth-order valence-electron chi connectivity index (χ4n) is 5.19. The van der Waals surface area contributed by atoms with Gasteiger partial charge in [0.1, 0.15) is 0 Å². The van der Waals surface area contributed by atoms with Gasteiger partial charge >= 0.3 is 0 Å². The number of benzene rings is 1. The van der Waals surface area contributed by atoms with E-state index in [-0.39, 0.29) is 29.9 Å². The van der Waals surface area contributed by atoms with Gasteiger partial charge in [-0.3, -0.25) is 9.79 Å². The number of carbonyl (C=O) groups excluding carboxylic acids is 1. The Morgan fingerprint density at radius 3 is 2.47 bits per heavy atom. The maximum atomic E-state index is 12.6. The number of fused-ring (bicyclic) bond motifs is 1. The van der Waals surface area contributed by atoms with E-state index >= 15 is 0 Å². The number of carbonyl (C=O) groups is 1. The maximum Gasteiger partial charge on any atom is 0.223 e. The lowest BCUT2D eigenvalue weighted by Crippen LogP contribution is -2.41. The van der Waals surface area contributed by atoms with Crippen LogP contribution in [0.3, 0.4) is 0 Å². The second kappa shape index (κ2) is 12.8. The molecule has 1 unspecified atom stereocenters. The minimum Gasteiger partial charge on any atom is -0.357 e. The van der Waals surface area contributed by atoms with Gasteiger partial charge in [0.05, 0.1) is 0 Å². The topological polar surface area (TPSA) is 51.2 Å². The zero-order valence-corrected chi connectivity index (χ0v) is 21.9. The van der Waals surface area contributed by atoms with E-state index in [0.717, 1.165) is 51.0 Å². The summed E-state index contributed by atoms with van der Waals surface area (Å²) in [6, 6.07) is 8.37. The normalized spacial score (nSPS) is 21.4. The van der Waals surface area contributed by atoms with Gasteiger partial charge in [0.2, 0.25) is 5.91 Å². The zero-order chi connectivity index (χ0) is 21.5. The van der Waals surface area contributed by atoms with Crippen molar-refractivity contribution < 1.29 is 4.79 Å². The van der Waals surface area contributed by atoms with Crippen LogP contribution < -0.4 is 5.32 Å². The number of likely N-dealkylation sites (tertiary alicyclic amines) is 2. The first-order chi connectivity index (χ1) is 15.2. The van der Waals surface area contributed by atoms with Crippen LogP contribution in [0.5, 0.6) is 0 Å². The highest BCUT2D eigenvalue weighted by molar-refractivity contribution is 14.0. The Morgan fingerprint density at radius 1 is 1.06 bits per heavy atom. The van der Waals surface area contributed by atoms with Crippen molar-refractivity contribution in [3.63, 3.8) is 0 Å². The minimum absolute atomic E-state index is 0. The van der Waals surface area contributed by atoms with Crippen LogP contribution in [0.4, 0.5) is 0 Å². The third-order valence-electron chi connectivity index (χ3n) is 6.89. The molecule has 1 N–H and O–H groups in total. The number of nitrogens with one attached hydrogen (secondary N) is 1. The second-order valence-corrected chi connectivity index (χ2v) is 9.32. The molecule has 0 aliphatic carbocycles. The van der Waals surface area contributed by atoms with Crippen molar-refractivity contribution in [3.8, 4) is 0 Å². The van der Waals surface area contributed by atoms with E-state index in [0.29, 0.717) is 13.0 Å². The standard InChI is InChI=1S/C25H39N5O.HI/c1-2-26-25(29-16-12-21(18-29)17-28-14-6-3-7-15-28)27-13-8-11-24(31)30-19-22-9-4-5-10-23(22)20-30;/h4-5,9-10,21H,2-3,6-8,11-20H2,1H3,(H,26,27);1H. The number of guanidine groups is 1. The van der Waals surface area contributed by atoms with Gasteiger partial charge < -0.3 is 20.0 Å². The predicted octanol–water partition coefficient (Wildman–Crippen LogP) is 3.70. The molecule has 1 aromatic rings. The van der Waals surface area contributed by atoms with Gasteiger partial charge in [-0.15, -0.1) is 24.0 Å². The smallest absolute Gasteiger partial charge is 0.223 e. The second-order valence-electron chi connectivity index (χ2n) is 9.32. The molecule has 32 heavy (non-hydrogen) atoms. The van der Waals surface area contributed by atoms with Crippen molar-refractivity contribution in [1.29, 1.82) is 0 Å². The van der Waals surface area contributed by atoms with E-state index in [1.54, 1.807) is 0 Å². The Morgan fingerprint density at radius 2 is 1.78 bits per heavy atom. The number of amides is 1. The summed E-state index contributed by atoms with van der Waals surface area (Å²) in [5.41, 5.74) is 2.58. The molecular weight excluding hydrogens is 513 g/mol. The van der Waals surface area contributed by atoms with Crippen LogP contribution in [0.1, 0.15) is 56.6 Å². The summed E-state index contributed by atoms with van der Waals surface area (Å²) in [6.07, 6.45) is 6.78. The van der Waals surface area contributed by atoms with Gasteiger partial charge in [0.25, 0.3) is 0 Å². The summed E-state index contributed by atoms with van der Waals surface area (Å²) in [7, 11) is 0. The molecule has 1 aromatic carbocycles. The predicted molar refractivity (Wildman–Crippen MR) is 141 cm³/mol. The number of hydrogen-bond acceptors (Lipinski definition) is 3. The van der Waals surface area contributed by atoms with Crippen LogP contribution in [0, 0.1) is 5.92 Å². The fraction of sp³-hybridized carbons (Fsp3) is 0.680. The molecule has 0 saturated carbocycles. The van der Waals surface area contributed by atoms with Crippen LogP contribution in [-0.4, -0.2) is 72.4 Å². The van der Waals surface area contributed by atoms with Crippen molar-refractivity contribution in [2.75, 3.05) is 45.8 Å². The molecule has 0 bridgehead atoms. The molecule has 2 fully saturated rings. The van der Waals surface area contributed by atoms with Crippen LogP contribution in [-0.2, 0) is 17.9 Å². The highest BCUT2D eigenvalue weighted by Crippen LogP contribution is 2.23. The van der Waals surface area contributed by atoms with E-state index < -0.39 is 0 Å². The Kier molecular flexibility index (Phi) is 10.1. The van der Waals surface area contributed by atoms with Crippen molar-refractivity contribution in [3.05, 3.63) is 35.4 Å². The Hall–Kier alpha value is -1.35. The third kappa shape index (κ3) is 6.83. The monoisotopic (exact) mass is 553 g/mol. The van der Waals surface area contributed by atoms with E-state index in [1.807, 2.05) is 4.90 Å². The number of rotatable bonds is 7. The third-order valence-corrected chi connectivity index (χ3v) is 6.89. The van der Waals surface area contributed by atoms with Crippen molar-refractivity contribution >= 4 is 35.8 Å². The van der Waals surface area contributed by atoms with Gasteiger partial charge in [-0.1, -0.05) is 30.7 Å². The molecule has 4 rings (SSSR count). The molecule has 0 aromatic heterocycles. The van der Waals surface area contributed by atoms with Crippen molar-refractivity contribution in [2.24, 2.45) is 10.9 Å². The first-order valence-electron chi connectivity index (χ1n) is 12.3. The van der Waals surface area contributed by atoms with Crippen LogP contribution in [0.25, 0.3) is 0 Å². The fourth-order valence-corrected chi connectivity index (χ4v) is 5.19. The number of hydrogen-bond donors (Lipinski definition) is 1. The van der Waals surface area contributed by atoms with Crippen LogP contribution in [0.15, 0.2) is 29.3 Å². The number of halogens is 1. The first-order valence-corrected chi connectivity index (χ1v) is 12.3. The molecule has 1 atom stereocenters. The van der Waals surface area contributed by atoms with E-state index in [4.69, 9.17) is 4.99 Å². The molecule has 3 heterocycles.